The second-order valence-corrected chi connectivity index (χ2v) is 4.88. The Hall–Kier alpha value is -1.32. The number of rotatable bonds is 7. The van der Waals surface area contributed by atoms with Crippen LogP contribution >= 0.6 is 0 Å². The number of nitrogens with one attached hydrogen (secondary N) is 2. The minimum Gasteiger partial charge on any atom is -0.373 e. The number of unbranched alkanes of at least 4 members (excludes halogenated alkanes) is 2. The molecule has 0 aliphatic carbocycles. The average molecular weight is 250 g/mol. The molecule has 0 saturated heterocycles. The summed E-state index contributed by atoms with van der Waals surface area (Å²) >= 11 is 0. The molecular weight excluding hydrogens is 224 g/mol. The summed E-state index contributed by atoms with van der Waals surface area (Å²) in [6.07, 6.45) is 5.02. The van der Waals surface area contributed by atoms with E-state index in [4.69, 9.17) is 0 Å². The molecule has 0 bridgehead atoms. The zero-order valence-corrected chi connectivity index (χ0v) is 12.3. The average Bonchev–Trinajstić information content (AvgIpc) is 2.33. The van der Waals surface area contributed by atoms with Crippen molar-refractivity contribution in [1.82, 2.24) is 9.97 Å². The summed E-state index contributed by atoms with van der Waals surface area (Å²) < 4.78 is 0. The monoisotopic (exact) mass is 250 g/mol. The van der Waals surface area contributed by atoms with Crippen molar-refractivity contribution in [3.05, 3.63) is 11.4 Å². The maximum Gasteiger partial charge on any atom is 0.134 e. The van der Waals surface area contributed by atoms with Crippen molar-refractivity contribution in [3.8, 4) is 0 Å². The van der Waals surface area contributed by atoms with Gasteiger partial charge in [0.1, 0.15) is 17.5 Å². The summed E-state index contributed by atoms with van der Waals surface area (Å²) in [7, 11) is 1.89. The van der Waals surface area contributed by atoms with E-state index in [1.165, 1.54) is 25.7 Å². The van der Waals surface area contributed by atoms with Crippen LogP contribution in [0.15, 0.2) is 0 Å². The summed E-state index contributed by atoms with van der Waals surface area (Å²) in [4.78, 5) is 8.86. The van der Waals surface area contributed by atoms with Gasteiger partial charge in [0, 0.05) is 18.7 Å². The van der Waals surface area contributed by atoms with Crippen LogP contribution in [0.3, 0.4) is 0 Å². The highest BCUT2D eigenvalue weighted by molar-refractivity contribution is 5.57. The number of nitrogens with zero attached hydrogens (tertiary/aromatic N) is 2. The van der Waals surface area contributed by atoms with Gasteiger partial charge in [-0.1, -0.05) is 26.2 Å². The van der Waals surface area contributed by atoms with Gasteiger partial charge in [-0.25, -0.2) is 9.97 Å². The predicted molar refractivity (Wildman–Crippen MR) is 78.3 cm³/mol. The van der Waals surface area contributed by atoms with Crippen LogP contribution < -0.4 is 10.6 Å². The zero-order chi connectivity index (χ0) is 13.5. The van der Waals surface area contributed by atoms with E-state index in [9.17, 15) is 0 Å². The Kier molecular flexibility index (Phi) is 5.89. The minimum absolute atomic E-state index is 0.453. The van der Waals surface area contributed by atoms with E-state index < -0.39 is 0 Å². The van der Waals surface area contributed by atoms with Gasteiger partial charge in [-0.05, 0) is 27.2 Å². The van der Waals surface area contributed by atoms with Gasteiger partial charge < -0.3 is 10.6 Å². The van der Waals surface area contributed by atoms with E-state index in [0.29, 0.717) is 6.04 Å². The summed E-state index contributed by atoms with van der Waals surface area (Å²) in [6, 6.07) is 0.453. The second kappa shape index (κ2) is 7.19. The molecule has 1 rings (SSSR count). The molecule has 2 N–H and O–H groups in total. The molecule has 0 saturated carbocycles. The third kappa shape index (κ3) is 4.17. The fraction of sp³-hybridized carbons (Fsp3) is 0.714. The predicted octanol–water partition coefficient (Wildman–Crippen LogP) is 3.52. The number of anilines is 2. The number of hydrogen-bond acceptors (Lipinski definition) is 4. The highest BCUT2D eigenvalue weighted by Crippen LogP contribution is 2.20. The van der Waals surface area contributed by atoms with Crippen LogP contribution in [0.4, 0.5) is 11.6 Å². The molecular formula is C14H26N4. The topological polar surface area (TPSA) is 49.8 Å². The van der Waals surface area contributed by atoms with Crippen LogP contribution in [0.2, 0.25) is 0 Å². The van der Waals surface area contributed by atoms with Crippen molar-refractivity contribution < 1.29 is 0 Å². The Morgan fingerprint density at radius 2 is 1.78 bits per heavy atom. The minimum atomic E-state index is 0.453. The lowest BCUT2D eigenvalue weighted by atomic mass is 10.1. The van der Waals surface area contributed by atoms with Gasteiger partial charge in [0.15, 0.2) is 0 Å². The summed E-state index contributed by atoms with van der Waals surface area (Å²) in [5.74, 6) is 2.66. The van der Waals surface area contributed by atoms with Crippen molar-refractivity contribution in [2.24, 2.45) is 0 Å². The van der Waals surface area contributed by atoms with Crippen LogP contribution in [-0.2, 0) is 0 Å². The lowest BCUT2D eigenvalue weighted by molar-refractivity contribution is 0.613. The van der Waals surface area contributed by atoms with Gasteiger partial charge in [0.25, 0.3) is 0 Å². The van der Waals surface area contributed by atoms with Gasteiger partial charge in [-0.2, -0.15) is 0 Å². The summed E-state index contributed by atoms with van der Waals surface area (Å²) in [6.45, 7) is 8.42. The largest absolute Gasteiger partial charge is 0.373 e. The van der Waals surface area contributed by atoms with E-state index in [1.807, 2.05) is 20.9 Å². The molecule has 0 fully saturated rings. The normalized spacial score (nSPS) is 12.3. The molecule has 0 spiro atoms. The van der Waals surface area contributed by atoms with Gasteiger partial charge in [0.2, 0.25) is 0 Å². The highest BCUT2D eigenvalue weighted by Gasteiger charge is 2.10. The molecule has 0 amide bonds. The van der Waals surface area contributed by atoms with Crippen LogP contribution in [0.5, 0.6) is 0 Å². The third-order valence-electron chi connectivity index (χ3n) is 3.12. The summed E-state index contributed by atoms with van der Waals surface area (Å²) in [5, 5.41) is 6.60. The number of hydrogen-bond donors (Lipinski definition) is 2. The lowest BCUT2D eigenvalue weighted by Crippen LogP contribution is -2.18. The van der Waals surface area contributed by atoms with Crippen molar-refractivity contribution in [2.45, 2.75) is 59.4 Å². The number of aryl methyl sites for hydroxylation is 1. The Labute approximate surface area is 111 Å². The van der Waals surface area contributed by atoms with Crippen molar-refractivity contribution in [3.63, 3.8) is 0 Å². The van der Waals surface area contributed by atoms with Crippen LogP contribution in [0.1, 0.15) is 50.9 Å². The van der Waals surface area contributed by atoms with Gasteiger partial charge in [-0.15, -0.1) is 0 Å². The highest BCUT2D eigenvalue weighted by atomic mass is 15.1. The molecule has 0 aliphatic heterocycles. The molecule has 4 nitrogen and oxygen atoms in total. The molecule has 0 aliphatic rings. The molecule has 1 aromatic heterocycles. The first-order valence-electron chi connectivity index (χ1n) is 6.88. The van der Waals surface area contributed by atoms with E-state index in [2.05, 4.69) is 34.4 Å². The molecule has 0 aromatic carbocycles. The van der Waals surface area contributed by atoms with Crippen molar-refractivity contribution >= 4 is 11.6 Å². The molecule has 1 aromatic rings. The van der Waals surface area contributed by atoms with Crippen molar-refractivity contribution in [2.75, 3.05) is 17.7 Å². The van der Waals surface area contributed by atoms with E-state index in [0.717, 1.165) is 23.0 Å². The van der Waals surface area contributed by atoms with Crippen LogP contribution in [0, 0.1) is 13.8 Å². The first-order valence-corrected chi connectivity index (χ1v) is 6.88. The summed E-state index contributed by atoms with van der Waals surface area (Å²) in [5.41, 5.74) is 1.09. The molecule has 18 heavy (non-hydrogen) atoms. The maximum atomic E-state index is 4.49. The molecule has 1 unspecified atom stereocenters. The first-order chi connectivity index (χ1) is 8.58. The SMILES string of the molecule is CCCCCC(C)Nc1nc(C)nc(NC)c1C. The van der Waals surface area contributed by atoms with Gasteiger partial charge in [-0.3, -0.25) is 0 Å². The standard InChI is InChI=1S/C14H26N4/c1-6-7-8-9-10(2)16-14-11(3)13(15-5)17-12(4)18-14/h10H,6-9H2,1-5H3,(H2,15,16,17,18). The smallest absolute Gasteiger partial charge is 0.134 e. The van der Waals surface area contributed by atoms with E-state index in [1.54, 1.807) is 0 Å². The molecule has 102 valence electrons. The zero-order valence-electron chi connectivity index (χ0n) is 12.3. The second-order valence-electron chi connectivity index (χ2n) is 4.88. The molecule has 4 heteroatoms. The quantitative estimate of drug-likeness (QED) is 0.727. The van der Waals surface area contributed by atoms with Crippen LogP contribution in [-0.4, -0.2) is 23.1 Å². The number of aromatic nitrogens is 2. The molecule has 1 heterocycles. The van der Waals surface area contributed by atoms with Gasteiger partial charge in [0.05, 0.1) is 0 Å². The lowest BCUT2D eigenvalue weighted by Gasteiger charge is -2.17. The fourth-order valence-corrected chi connectivity index (χ4v) is 2.02. The van der Waals surface area contributed by atoms with E-state index >= 15 is 0 Å². The van der Waals surface area contributed by atoms with Crippen LogP contribution in [0.25, 0.3) is 0 Å². The Morgan fingerprint density at radius 3 is 2.39 bits per heavy atom. The van der Waals surface area contributed by atoms with Gasteiger partial charge >= 0.3 is 0 Å². The maximum absolute atomic E-state index is 4.49. The van der Waals surface area contributed by atoms with Crippen molar-refractivity contribution in [1.29, 1.82) is 0 Å². The van der Waals surface area contributed by atoms with E-state index in [-0.39, 0.29) is 0 Å². The Morgan fingerprint density at radius 1 is 1.11 bits per heavy atom. The first kappa shape index (κ1) is 14.7. The molecule has 0 radical (unpaired) electrons. The Bertz CT molecular complexity index is 376. The Balaban J connectivity index is 2.68. The molecule has 1 atom stereocenters. The third-order valence-corrected chi connectivity index (χ3v) is 3.12. The fourth-order valence-electron chi connectivity index (χ4n) is 2.02.